The van der Waals surface area contributed by atoms with Crippen molar-refractivity contribution in [3.8, 4) is 0 Å². The summed E-state index contributed by atoms with van der Waals surface area (Å²) in [6, 6.07) is 0.0497. The molecule has 0 radical (unpaired) electrons. The van der Waals surface area contributed by atoms with Crippen molar-refractivity contribution >= 4 is 23.4 Å². The van der Waals surface area contributed by atoms with Gasteiger partial charge in [-0.05, 0) is 18.6 Å². The molecule has 17 heavy (non-hydrogen) atoms. The molecular formula is C11H21ClN4S. The number of hydrogen-bond donors (Lipinski definition) is 2. The molecule has 1 rings (SSSR count). The molecule has 1 aromatic heterocycles. The Morgan fingerprint density at radius 2 is 2.24 bits per heavy atom. The number of aromatic nitrogens is 2. The van der Waals surface area contributed by atoms with Crippen LogP contribution in [0.5, 0.6) is 0 Å². The van der Waals surface area contributed by atoms with Gasteiger partial charge < -0.3 is 0 Å². The highest BCUT2D eigenvalue weighted by atomic mass is 35.5. The Hall–Kier alpha value is -0.230. The van der Waals surface area contributed by atoms with Crippen molar-refractivity contribution in [1.29, 1.82) is 0 Å². The first-order valence-electron chi connectivity index (χ1n) is 5.85. The third-order valence-corrected chi connectivity index (χ3v) is 4.16. The summed E-state index contributed by atoms with van der Waals surface area (Å²) in [4.78, 5) is 0. The minimum absolute atomic E-state index is 0.0497. The smallest absolute Gasteiger partial charge is 0.0834 e. The number of hydrazine groups is 1. The molecule has 6 heteroatoms. The van der Waals surface area contributed by atoms with E-state index in [9.17, 15) is 0 Å². The molecule has 0 aromatic carbocycles. The van der Waals surface area contributed by atoms with Gasteiger partial charge in [-0.2, -0.15) is 16.9 Å². The quantitative estimate of drug-likeness (QED) is 0.593. The van der Waals surface area contributed by atoms with Gasteiger partial charge in [-0.3, -0.25) is 16.0 Å². The third kappa shape index (κ3) is 4.17. The summed E-state index contributed by atoms with van der Waals surface area (Å²) in [5.41, 5.74) is 3.81. The number of nitrogens with zero attached hydrogens (tertiary/aromatic N) is 2. The highest BCUT2D eigenvalue weighted by Gasteiger charge is 2.18. The van der Waals surface area contributed by atoms with Crippen molar-refractivity contribution in [2.75, 3.05) is 11.5 Å². The van der Waals surface area contributed by atoms with Gasteiger partial charge in [0, 0.05) is 12.3 Å². The van der Waals surface area contributed by atoms with Gasteiger partial charge in [0.25, 0.3) is 0 Å². The molecule has 0 aliphatic carbocycles. The van der Waals surface area contributed by atoms with Gasteiger partial charge in [-0.1, -0.05) is 25.4 Å². The first kappa shape index (κ1) is 14.8. The molecule has 98 valence electrons. The van der Waals surface area contributed by atoms with Gasteiger partial charge >= 0.3 is 0 Å². The maximum absolute atomic E-state index is 6.15. The fourth-order valence-electron chi connectivity index (χ4n) is 1.60. The summed E-state index contributed by atoms with van der Waals surface area (Å²) in [5.74, 6) is 8.32. The second-order valence-corrected chi connectivity index (χ2v) is 5.83. The van der Waals surface area contributed by atoms with Gasteiger partial charge in [0.15, 0.2) is 0 Å². The SMILES string of the molecule is CCn1ncc(Cl)c1C(CSCC(C)C)NN. The van der Waals surface area contributed by atoms with Crippen molar-refractivity contribution in [3.63, 3.8) is 0 Å². The van der Waals surface area contributed by atoms with Crippen molar-refractivity contribution in [3.05, 3.63) is 16.9 Å². The molecule has 0 aliphatic rings. The van der Waals surface area contributed by atoms with E-state index in [1.54, 1.807) is 6.20 Å². The standard InChI is InChI=1S/C11H21ClN4S/c1-4-16-11(9(12)5-14-16)10(15-13)7-17-6-8(2)3/h5,8,10,15H,4,6-7,13H2,1-3H3. The molecule has 1 unspecified atom stereocenters. The lowest BCUT2D eigenvalue weighted by molar-refractivity contribution is 0.527. The van der Waals surface area contributed by atoms with E-state index in [0.29, 0.717) is 10.9 Å². The van der Waals surface area contributed by atoms with Crippen LogP contribution < -0.4 is 11.3 Å². The molecule has 0 spiro atoms. The van der Waals surface area contributed by atoms with Gasteiger partial charge in [-0.25, -0.2) is 0 Å². The molecule has 1 aromatic rings. The predicted molar refractivity (Wildman–Crippen MR) is 75.1 cm³/mol. The summed E-state index contributed by atoms with van der Waals surface area (Å²) in [5, 5.41) is 4.91. The van der Waals surface area contributed by atoms with E-state index in [-0.39, 0.29) is 6.04 Å². The van der Waals surface area contributed by atoms with Crippen LogP contribution >= 0.6 is 23.4 Å². The Morgan fingerprint density at radius 1 is 1.53 bits per heavy atom. The van der Waals surface area contributed by atoms with Crippen LogP contribution in [0.1, 0.15) is 32.5 Å². The van der Waals surface area contributed by atoms with Crippen LogP contribution in [-0.4, -0.2) is 21.3 Å². The molecule has 1 atom stereocenters. The zero-order valence-electron chi connectivity index (χ0n) is 10.6. The summed E-state index contributed by atoms with van der Waals surface area (Å²) in [7, 11) is 0. The fraction of sp³-hybridized carbons (Fsp3) is 0.727. The van der Waals surface area contributed by atoms with Crippen LogP contribution in [0.25, 0.3) is 0 Å². The number of nitrogens with one attached hydrogen (secondary N) is 1. The first-order valence-corrected chi connectivity index (χ1v) is 7.38. The lowest BCUT2D eigenvalue weighted by Gasteiger charge is -2.18. The summed E-state index contributed by atoms with van der Waals surface area (Å²) in [6.45, 7) is 7.26. The second kappa shape index (κ2) is 7.26. The van der Waals surface area contributed by atoms with Crippen LogP contribution in [-0.2, 0) is 6.54 Å². The Kier molecular flexibility index (Phi) is 6.33. The average Bonchev–Trinajstić information content (AvgIpc) is 2.66. The van der Waals surface area contributed by atoms with E-state index in [2.05, 4.69) is 24.4 Å². The van der Waals surface area contributed by atoms with Crippen molar-refractivity contribution < 1.29 is 0 Å². The van der Waals surface area contributed by atoms with E-state index in [1.165, 1.54) is 0 Å². The predicted octanol–water partition coefficient (Wildman–Crippen LogP) is 2.45. The van der Waals surface area contributed by atoms with Crippen molar-refractivity contribution in [2.24, 2.45) is 11.8 Å². The Balaban J connectivity index is 2.68. The van der Waals surface area contributed by atoms with Crippen molar-refractivity contribution in [2.45, 2.75) is 33.4 Å². The average molecular weight is 277 g/mol. The monoisotopic (exact) mass is 276 g/mol. The topological polar surface area (TPSA) is 55.9 Å². The molecule has 0 bridgehead atoms. The van der Waals surface area contributed by atoms with E-state index >= 15 is 0 Å². The highest BCUT2D eigenvalue weighted by Crippen LogP contribution is 2.25. The van der Waals surface area contributed by atoms with Crippen molar-refractivity contribution in [1.82, 2.24) is 15.2 Å². The molecule has 0 fully saturated rings. The Morgan fingerprint density at radius 3 is 2.76 bits per heavy atom. The fourth-order valence-corrected chi connectivity index (χ4v) is 2.97. The Labute approximate surface area is 112 Å². The number of nitrogens with two attached hydrogens (primary N) is 1. The van der Waals surface area contributed by atoms with Gasteiger partial charge in [0.05, 0.1) is 23.0 Å². The van der Waals surface area contributed by atoms with Crippen LogP contribution in [0, 0.1) is 5.92 Å². The van der Waals surface area contributed by atoms with Gasteiger partial charge in [0.1, 0.15) is 0 Å². The van der Waals surface area contributed by atoms with Crippen LogP contribution in [0.3, 0.4) is 0 Å². The zero-order valence-corrected chi connectivity index (χ0v) is 12.2. The van der Waals surface area contributed by atoms with E-state index in [4.69, 9.17) is 17.4 Å². The van der Waals surface area contributed by atoms with Gasteiger partial charge in [0.2, 0.25) is 0 Å². The molecule has 0 amide bonds. The molecule has 0 aliphatic heterocycles. The molecule has 3 N–H and O–H groups in total. The zero-order chi connectivity index (χ0) is 12.8. The first-order chi connectivity index (χ1) is 8.10. The summed E-state index contributed by atoms with van der Waals surface area (Å²) < 4.78 is 1.89. The number of aryl methyl sites for hydroxylation is 1. The third-order valence-electron chi connectivity index (χ3n) is 2.40. The summed E-state index contributed by atoms with van der Waals surface area (Å²) in [6.07, 6.45) is 1.68. The minimum atomic E-state index is 0.0497. The normalized spacial score (nSPS) is 13.3. The maximum atomic E-state index is 6.15. The number of rotatable bonds is 7. The molecule has 0 saturated heterocycles. The molecular weight excluding hydrogens is 256 g/mol. The van der Waals surface area contributed by atoms with E-state index in [1.807, 2.05) is 23.4 Å². The molecule has 4 nitrogen and oxygen atoms in total. The number of hydrogen-bond acceptors (Lipinski definition) is 4. The lowest BCUT2D eigenvalue weighted by atomic mass is 10.2. The minimum Gasteiger partial charge on any atom is -0.271 e. The molecule has 1 heterocycles. The number of thioether (sulfide) groups is 1. The summed E-state index contributed by atoms with van der Waals surface area (Å²) >= 11 is 8.03. The van der Waals surface area contributed by atoms with E-state index < -0.39 is 0 Å². The van der Waals surface area contributed by atoms with Gasteiger partial charge in [-0.15, -0.1) is 0 Å². The van der Waals surface area contributed by atoms with E-state index in [0.717, 1.165) is 23.7 Å². The Bertz CT molecular complexity index is 340. The largest absolute Gasteiger partial charge is 0.271 e. The lowest BCUT2D eigenvalue weighted by Crippen LogP contribution is -2.32. The van der Waals surface area contributed by atoms with Crippen LogP contribution in [0.2, 0.25) is 5.02 Å². The van der Waals surface area contributed by atoms with Crippen LogP contribution in [0.15, 0.2) is 6.20 Å². The van der Waals surface area contributed by atoms with Crippen LogP contribution in [0.4, 0.5) is 0 Å². The number of halogens is 1. The highest BCUT2D eigenvalue weighted by molar-refractivity contribution is 7.99. The maximum Gasteiger partial charge on any atom is 0.0834 e. The molecule has 0 saturated carbocycles. The second-order valence-electron chi connectivity index (χ2n) is 4.34.